The van der Waals surface area contributed by atoms with E-state index in [0.29, 0.717) is 19.6 Å². The Kier molecular flexibility index (Phi) is 5.73. The number of thioether (sulfide) groups is 1. The highest BCUT2D eigenvalue weighted by Gasteiger charge is 2.36. The normalized spacial score (nSPS) is 21.2. The third-order valence-corrected chi connectivity index (χ3v) is 7.04. The number of likely N-dealkylation sites (tertiary alicyclic amines) is 1. The van der Waals surface area contributed by atoms with E-state index in [9.17, 15) is 19.5 Å². The van der Waals surface area contributed by atoms with E-state index in [1.54, 1.807) is 12.1 Å². The molecule has 1 saturated heterocycles. The predicted octanol–water partition coefficient (Wildman–Crippen LogP) is 1.89. The molecule has 2 N–H and O–H groups in total. The molecule has 30 heavy (non-hydrogen) atoms. The van der Waals surface area contributed by atoms with Crippen molar-refractivity contribution in [3.8, 4) is 5.88 Å². The SMILES string of the molecule is CC[C@@H](C)c1c(O)nc(SCC(=O)N2C[C@@H]3C[C@H](C2)c2cccc(=O)n2C3)[nH]c1=O. The van der Waals surface area contributed by atoms with Crippen molar-refractivity contribution in [2.24, 2.45) is 5.92 Å². The van der Waals surface area contributed by atoms with Crippen molar-refractivity contribution < 1.29 is 9.90 Å². The number of hydrogen-bond acceptors (Lipinski definition) is 6. The molecule has 4 rings (SSSR count). The van der Waals surface area contributed by atoms with Crippen LogP contribution in [0.4, 0.5) is 0 Å². The second-order valence-electron chi connectivity index (χ2n) is 8.20. The summed E-state index contributed by atoms with van der Waals surface area (Å²) >= 11 is 1.12. The highest BCUT2D eigenvalue weighted by molar-refractivity contribution is 7.99. The minimum Gasteiger partial charge on any atom is -0.493 e. The summed E-state index contributed by atoms with van der Waals surface area (Å²) < 4.78 is 1.84. The van der Waals surface area contributed by atoms with Gasteiger partial charge < -0.3 is 19.6 Å². The van der Waals surface area contributed by atoms with Crippen LogP contribution in [0.5, 0.6) is 5.88 Å². The molecule has 0 spiro atoms. The lowest BCUT2D eigenvalue weighted by atomic mass is 9.83. The molecule has 160 valence electrons. The fourth-order valence-corrected chi connectivity index (χ4v) is 5.25. The van der Waals surface area contributed by atoms with Crippen molar-refractivity contribution in [3.05, 3.63) is 50.2 Å². The Bertz CT molecular complexity index is 1080. The van der Waals surface area contributed by atoms with Crippen LogP contribution in [0.15, 0.2) is 32.9 Å². The first-order valence-electron chi connectivity index (χ1n) is 10.3. The average molecular weight is 431 g/mol. The Labute approximate surface area is 178 Å². The smallest absolute Gasteiger partial charge is 0.258 e. The molecule has 2 aliphatic rings. The van der Waals surface area contributed by atoms with Crippen LogP contribution >= 0.6 is 11.8 Å². The molecular weight excluding hydrogens is 404 g/mol. The van der Waals surface area contributed by atoms with Crippen molar-refractivity contribution in [1.82, 2.24) is 19.4 Å². The highest BCUT2D eigenvalue weighted by atomic mass is 32.2. The lowest BCUT2D eigenvalue weighted by Crippen LogP contribution is -2.49. The molecule has 0 saturated carbocycles. The number of carbonyl (C=O) groups is 1. The van der Waals surface area contributed by atoms with Crippen molar-refractivity contribution in [2.45, 2.75) is 50.2 Å². The van der Waals surface area contributed by atoms with Crippen LogP contribution in [0.1, 0.15) is 49.8 Å². The number of piperidine rings is 1. The number of hydrogen-bond donors (Lipinski definition) is 2. The van der Waals surface area contributed by atoms with Gasteiger partial charge in [0.05, 0.1) is 11.3 Å². The number of pyridine rings is 1. The van der Waals surface area contributed by atoms with E-state index in [1.807, 2.05) is 29.4 Å². The van der Waals surface area contributed by atoms with Gasteiger partial charge in [-0.1, -0.05) is 31.7 Å². The minimum atomic E-state index is -0.360. The largest absolute Gasteiger partial charge is 0.493 e. The first-order valence-corrected chi connectivity index (χ1v) is 11.3. The summed E-state index contributed by atoms with van der Waals surface area (Å²) in [6.07, 6.45) is 1.70. The molecule has 0 unspecified atom stereocenters. The molecule has 0 aliphatic carbocycles. The van der Waals surface area contributed by atoms with Crippen LogP contribution in [0.25, 0.3) is 0 Å². The van der Waals surface area contributed by atoms with Crippen LogP contribution < -0.4 is 11.1 Å². The maximum atomic E-state index is 12.8. The zero-order valence-corrected chi connectivity index (χ0v) is 17.9. The van der Waals surface area contributed by atoms with Crippen LogP contribution in [0.2, 0.25) is 0 Å². The van der Waals surface area contributed by atoms with E-state index in [2.05, 4.69) is 9.97 Å². The van der Waals surface area contributed by atoms with E-state index in [4.69, 9.17) is 0 Å². The topological polar surface area (TPSA) is 108 Å². The Morgan fingerprint density at radius 3 is 2.87 bits per heavy atom. The lowest BCUT2D eigenvalue weighted by molar-refractivity contribution is -0.131. The van der Waals surface area contributed by atoms with E-state index in [-0.39, 0.29) is 57.1 Å². The molecule has 8 nitrogen and oxygen atoms in total. The van der Waals surface area contributed by atoms with E-state index >= 15 is 0 Å². The molecule has 2 bridgehead atoms. The summed E-state index contributed by atoms with van der Waals surface area (Å²) in [6, 6.07) is 5.34. The summed E-state index contributed by atoms with van der Waals surface area (Å²) in [6.45, 7) is 5.65. The van der Waals surface area contributed by atoms with Gasteiger partial charge in [-0.05, 0) is 30.7 Å². The number of carbonyl (C=O) groups excluding carboxylic acids is 1. The van der Waals surface area contributed by atoms with E-state index in [1.165, 1.54) is 0 Å². The van der Waals surface area contributed by atoms with Gasteiger partial charge in [0.25, 0.3) is 11.1 Å². The fourth-order valence-electron chi connectivity index (χ4n) is 4.49. The van der Waals surface area contributed by atoms with Crippen molar-refractivity contribution in [2.75, 3.05) is 18.8 Å². The van der Waals surface area contributed by atoms with Gasteiger partial charge in [0.2, 0.25) is 11.8 Å². The second-order valence-corrected chi connectivity index (χ2v) is 9.17. The summed E-state index contributed by atoms with van der Waals surface area (Å²) in [4.78, 5) is 45.8. The molecule has 2 aromatic rings. The number of nitrogens with one attached hydrogen (secondary N) is 1. The second kappa shape index (κ2) is 8.29. The molecule has 1 amide bonds. The van der Waals surface area contributed by atoms with Crippen LogP contribution in [0.3, 0.4) is 0 Å². The first kappa shape index (κ1) is 20.7. The van der Waals surface area contributed by atoms with Gasteiger partial charge in [0.1, 0.15) is 0 Å². The van der Waals surface area contributed by atoms with E-state index in [0.717, 1.165) is 30.3 Å². The number of aromatic nitrogens is 3. The fraction of sp³-hybridized carbons (Fsp3) is 0.524. The Morgan fingerprint density at radius 2 is 2.13 bits per heavy atom. The molecule has 2 aromatic heterocycles. The Hall–Kier alpha value is -2.55. The van der Waals surface area contributed by atoms with Gasteiger partial charge in [-0.25, -0.2) is 0 Å². The van der Waals surface area contributed by atoms with Crippen LogP contribution in [0, 0.1) is 5.92 Å². The third-order valence-electron chi connectivity index (χ3n) is 6.18. The summed E-state index contributed by atoms with van der Waals surface area (Å²) in [5, 5.41) is 10.4. The predicted molar refractivity (Wildman–Crippen MR) is 114 cm³/mol. The summed E-state index contributed by atoms with van der Waals surface area (Å²) in [7, 11) is 0. The molecule has 1 fully saturated rings. The number of H-pyrrole nitrogens is 1. The number of fused-ring (bicyclic) bond motifs is 4. The number of amides is 1. The third kappa shape index (κ3) is 3.90. The highest BCUT2D eigenvalue weighted by Crippen LogP contribution is 2.35. The molecule has 0 radical (unpaired) electrons. The summed E-state index contributed by atoms with van der Waals surface area (Å²) in [5.74, 6) is 0.169. The zero-order valence-electron chi connectivity index (χ0n) is 17.1. The average Bonchev–Trinajstić information content (AvgIpc) is 2.72. The molecule has 9 heteroatoms. The minimum absolute atomic E-state index is 0.0215. The molecule has 0 aromatic carbocycles. The molecule has 3 atom stereocenters. The number of aromatic amines is 1. The number of nitrogens with zero attached hydrogens (tertiary/aromatic N) is 3. The van der Waals surface area contributed by atoms with Gasteiger partial charge in [-0.15, -0.1) is 0 Å². The molecule has 2 aliphatic heterocycles. The van der Waals surface area contributed by atoms with Gasteiger partial charge in [-0.2, -0.15) is 4.98 Å². The quantitative estimate of drug-likeness (QED) is 0.554. The molecule has 4 heterocycles. The summed E-state index contributed by atoms with van der Waals surface area (Å²) in [5.41, 5.74) is 0.945. The lowest BCUT2D eigenvalue weighted by Gasteiger charge is -2.42. The zero-order chi connectivity index (χ0) is 21.4. The van der Waals surface area contributed by atoms with Crippen molar-refractivity contribution in [1.29, 1.82) is 0 Å². The maximum absolute atomic E-state index is 12.8. The van der Waals surface area contributed by atoms with Gasteiger partial charge >= 0.3 is 0 Å². The van der Waals surface area contributed by atoms with Gasteiger partial charge in [0.15, 0.2) is 5.16 Å². The number of aromatic hydroxyl groups is 1. The Balaban J connectivity index is 1.43. The van der Waals surface area contributed by atoms with Gasteiger partial charge in [0, 0.05) is 37.3 Å². The van der Waals surface area contributed by atoms with E-state index < -0.39 is 0 Å². The maximum Gasteiger partial charge on any atom is 0.258 e. The monoisotopic (exact) mass is 430 g/mol. The standard InChI is InChI=1S/C21H26N4O4S/c1-3-12(2)18-19(28)22-21(23-20(18)29)30-11-17(27)24-8-13-7-14(10-24)15-5-4-6-16(26)25(15)9-13/h4-6,12-14H,3,7-11H2,1-2H3,(H2,22,23,28,29)/t12-,13+,14-/m1/s1. The number of rotatable bonds is 5. The van der Waals surface area contributed by atoms with Gasteiger partial charge in [-0.3, -0.25) is 14.4 Å². The van der Waals surface area contributed by atoms with Crippen molar-refractivity contribution >= 4 is 17.7 Å². The first-order chi connectivity index (χ1) is 14.4. The van der Waals surface area contributed by atoms with Crippen LogP contribution in [-0.2, 0) is 11.3 Å². The van der Waals surface area contributed by atoms with Crippen molar-refractivity contribution in [3.63, 3.8) is 0 Å². The Morgan fingerprint density at radius 1 is 1.33 bits per heavy atom. The van der Waals surface area contributed by atoms with Crippen LogP contribution in [-0.4, -0.2) is 49.3 Å². The molecular formula is C21H26N4O4S.